The smallest absolute Gasteiger partial charge is 0.102 e. The molecule has 4 rings (SSSR count). The van der Waals surface area contributed by atoms with E-state index in [2.05, 4.69) is 138 Å². The van der Waals surface area contributed by atoms with Gasteiger partial charge in [-0.2, -0.15) is 0 Å². The van der Waals surface area contributed by atoms with Crippen LogP contribution in [0.15, 0.2) is 126 Å². The minimum Gasteiger partial charge on any atom is -0.265 e. The number of nitrogens with zero attached hydrogens (tertiary/aromatic N) is 1. The second-order valence-electron chi connectivity index (χ2n) is 12.6. The molecule has 1 unspecified atom stereocenters. The molecule has 0 amide bonds. The molecule has 0 aromatic heterocycles. The van der Waals surface area contributed by atoms with Gasteiger partial charge in [0, 0.05) is 24.3 Å². The normalized spacial score (nSPS) is 12.5. The largest absolute Gasteiger partial charge is 0.265 e. The number of aryl methyl sites for hydroxylation is 2. The Morgan fingerprint density at radius 2 is 1.31 bits per heavy atom. The summed E-state index contributed by atoms with van der Waals surface area (Å²) < 4.78 is 11.7. The van der Waals surface area contributed by atoms with E-state index >= 15 is 0 Å². The number of hydrogen-bond acceptors (Lipinski definition) is 1. The first-order valence-corrected chi connectivity index (χ1v) is 16.2. The molecule has 3 aromatic rings. The number of alkyl halides is 1. The van der Waals surface area contributed by atoms with Gasteiger partial charge in [0.05, 0.1) is 0 Å². The number of aliphatic imine (C=N–C) groups is 1. The van der Waals surface area contributed by atoms with Gasteiger partial charge in [-0.3, -0.25) is 4.99 Å². The summed E-state index contributed by atoms with van der Waals surface area (Å²) in [6, 6.07) is 27.7. The Labute approximate surface area is 276 Å². The fraction of sp³-hybridized carbons (Fsp3) is 0.372. The van der Waals surface area contributed by atoms with Crippen molar-refractivity contribution in [1.82, 2.24) is 0 Å². The Hall–Kier alpha value is -3.78. The summed E-state index contributed by atoms with van der Waals surface area (Å²) in [5.74, 6) is 0.479. The predicted octanol–water partition coefficient (Wildman–Crippen LogP) is 13.6. The van der Waals surface area contributed by atoms with Crippen molar-refractivity contribution in [2.24, 2.45) is 4.99 Å². The topological polar surface area (TPSA) is 12.4 Å². The van der Waals surface area contributed by atoms with Crippen LogP contribution in [0, 0.1) is 13.8 Å². The van der Waals surface area contributed by atoms with Crippen LogP contribution in [0.4, 0.5) is 4.39 Å². The molecule has 0 radical (unpaired) electrons. The monoisotopic (exact) mass is 609 g/mol. The maximum Gasteiger partial charge on any atom is 0.102 e. The fourth-order valence-electron chi connectivity index (χ4n) is 4.04. The van der Waals surface area contributed by atoms with Crippen LogP contribution < -0.4 is 0 Å². The van der Waals surface area contributed by atoms with Crippen molar-refractivity contribution in [2.75, 3.05) is 0 Å². The molecule has 2 heteroatoms. The van der Waals surface area contributed by atoms with Gasteiger partial charge in [0.1, 0.15) is 5.67 Å². The summed E-state index contributed by atoms with van der Waals surface area (Å²) in [7, 11) is 0. The van der Waals surface area contributed by atoms with Gasteiger partial charge < -0.3 is 0 Å². The highest BCUT2D eigenvalue weighted by Gasteiger charge is 2.10. The van der Waals surface area contributed by atoms with Crippen LogP contribution in [-0.4, -0.2) is 11.9 Å². The summed E-state index contributed by atoms with van der Waals surface area (Å²) in [5.41, 5.74) is 10.6. The third-order valence-corrected chi connectivity index (χ3v) is 6.38. The number of rotatable bonds is 6. The third-order valence-electron chi connectivity index (χ3n) is 6.38. The van der Waals surface area contributed by atoms with Crippen LogP contribution in [0.5, 0.6) is 0 Å². The summed E-state index contributed by atoms with van der Waals surface area (Å²) in [6.07, 6.45) is 8.12. The predicted molar refractivity (Wildman–Crippen MR) is 202 cm³/mol. The molecule has 1 aliphatic heterocycles. The van der Waals surface area contributed by atoms with E-state index in [1.807, 2.05) is 26.1 Å². The Kier molecular flexibility index (Phi) is 20.8. The van der Waals surface area contributed by atoms with E-state index in [0.29, 0.717) is 5.92 Å². The molecule has 0 N–H and O–H groups in total. The molecule has 244 valence electrons. The van der Waals surface area contributed by atoms with E-state index < -0.39 is 5.67 Å². The second-order valence-corrected chi connectivity index (χ2v) is 12.6. The number of hydrogen-bond donors (Lipinski definition) is 0. The highest BCUT2D eigenvalue weighted by atomic mass is 19.1. The lowest BCUT2D eigenvalue weighted by Crippen LogP contribution is -2.01. The maximum atomic E-state index is 11.7. The van der Waals surface area contributed by atoms with Gasteiger partial charge in [-0.25, -0.2) is 4.39 Å². The molecule has 0 saturated heterocycles. The van der Waals surface area contributed by atoms with Crippen LogP contribution in [-0.2, 0) is 0 Å². The van der Waals surface area contributed by atoms with Crippen LogP contribution >= 0.6 is 0 Å². The summed E-state index contributed by atoms with van der Waals surface area (Å²) >= 11 is 0. The van der Waals surface area contributed by atoms with Gasteiger partial charge in [-0.15, -0.1) is 6.58 Å². The molecule has 1 heterocycles. The van der Waals surface area contributed by atoms with Gasteiger partial charge >= 0.3 is 0 Å². The van der Waals surface area contributed by atoms with E-state index in [0.717, 1.165) is 19.3 Å². The third kappa shape index (κ3) is 20.7. The first kappa shape index (κ1) is 41.2. The Bertz CT molecular complexity index is 1310. The highest BCUT2D eigenvalue weighted by Crippen LogP contribution is 2.27. The van der Waals surface area contributed by atoms with E-state index in [1.165, 1.54) is 77.4 Å². The van der Waals surface area contributed by atoms with Gasteiger partial charge in [0.25, 0.3) is 0 Å². The maximum absolute atomic E-state index is 11.7. The summed E-state index contributed by atoms with van der Waals surface area (Å²) in [4.78, 5) is 4.39. The molecule has 1 nitrogen and oxygen atoms in total. The van der Waals surface area contributed by atoms with Crippen molar-refractivity contribution in [3.63, 3.8) is 0 Å². The van der Waals surface area contributed by atoms with Crippen LogP contribution in [0.2, 0.25) is 0 Å². The average Bonchev–Trinajstić information content (AvgIpc) is 2.99. The second kappa shape index (κ2) is 22.7. The number of allylic oxidation sites excluding steroid dienone is 4. The van der Waals surface area contributed by atoms with E-state index in [4.69, 9.17) is 0 Å². The van der Waals surface area contributed by atoms with Gasteiger partial charge in [0.15, 0.2) is 0 Å². The molecule has 3 aromatic carbocycles. The molecule has 0 saturated carbocycles. The van der Waals surface area contributed by atoms with Crippen molar-refractivity contribution >= 4 is 12.3 Å². The Morgan fingerprint density at radius 1 is 0.867 bits per heavy atom. The minimum atomic E-state index is -1.00. The van der Waals surface area contributed by atoms with Gasteiger partial charge in [0.2, 0.25) is 0 Å². The van der Waals surface area contributed by atoms with Crippen LogP contribution in [0.25, 0.3) is 6.08 Å². The molecule has 1 atom stereocenters. The van der Waals surface area contributed by atoms with E-state index in [-0.39, 0.29) is 0 Å². The molecular weight excluding hydrogens is 549 g/mol. The zero-order valence-corrected chi connectivity index (χ0v) is 30.0. The van der Waals surface area contributed by atoms with Crippen molar-refractivity contribution in [3.05, 3.63) is 149 Å². The highest BCUT2D eigenvalue weighted by molar-refractivity contribution is 5.68. The quantitative estimate of drug-likeness (QED) is 0.247. The number of halogens is 1. The molecule has 1 aliphatic rings. The lowest BCUT2D eigenvalue weighted by atomic mass is 9.93. The first-order valence-electron chi connectivity index (χ1n) is 16.2. The van der Waals surface area contributed by atoms with Crippen molar-refractivity contribution < 1.29 is 4.39 Å². The fourth-order valence-corrected chi connectivity index (χ4v) is 4.04. The zero-order chi connectivity index (χ0) is 34.4. The first-order chi connectivity index (χ1) is 21.1. The van der Waals surface area contributed by atoms with Gasteiger partial charge in [-0.05, 0) is 89.1 Å². The lowest BCUT2D eigenvalue weighted by Gasteiger charge is -2.15. The summed E-state index contributed by atoms with van der Waals surface area (Å²) in [5, 5.41) is 0. The van der Waals surface area contributed by atoms with Crippen molar-refractivity contribution in [3.8, 4) is 0 Å². The zero-order valence-electron chi connectivity index (χ0n) is 30.0. The molecule has 0 aliphatic carbocycles. The van der Waals surface area contributed by atoms with Gasteiger partial charge in [-0.1, -0.05) is 142 Å². The van der Waals surface area contributed by atoms with E-state index in [9.17, 15) is 4.39 Å². The lowest BCUT2D eigenvalue weighted by molar-refractivity contribution is 0.246. The molecule has 0 fully saturated rings. The number of benzene rings is 3. The Morgan fingerprint density at radius 3 is 1.73 bits per heavy atom. The van der Waals surface area contributed by atoms with Crippen molar-refractivity contribution in [1.29, 1.82) is 0 Å². The molecule has 0 bridgehead atoms. The minimum absolute atomic E-state index is 0.479. The van der Waals surface area contributed by atoms with Crippen LogP contribution in [0.3, 0.4) is 0 Å². The summed E-state index contributed by atoms with van der Waals surface area (Å²) in [6.45, 7) is 30.6. The standard InChI is InChI=1S/C15H16.C11H17N.C9H10.C4H9F.C4H8/c1-12-8-10-15(11-9-12)13(2)14-6-4-3-5-7-14;1-4-6-10-9(3)7-8-12-11(10)5-2;1-3-9-6-4-8(2)5-7-9;1-4(2,3)5;1-4(2)3/h3-11,13H,1-2H3;8H,3-7H2,1-2H3;3-7H,1H2,2H3;1-3H3;1H2,2-3H3. The Balaban J connectivity index is 0.000000581. The SMILES string of the molecule is C=C(C)C.C=C1CC=NC(CC)=C1CCC.C=Cc1ccc(C)cc1.CC(C)(C)F.Cc1ccc(C(C)c2ccccc2)cc1. The molecular formula is C43H60FN. The van der Waals surface area contributed by atoms with Crippen LogP contribution in [0.1, 0.15) is 115 Å². The van der Waals surface area contributed by atoms with Crippen molar-refractivity contribution in [2.45, 2.75) is 107 Å². The molecule has 45 heavy (non-hydrogen) atoms. The average molecular weight is 610 g/mol. The van der Waals surface area contributed by atoms with E-state index in [1.54, 1.807) is 0 Å². The molecule has 0 spiro atoms.